The van der Waals surface area contributed by atoms with Crippen molar-refractivity contribution in [1.29, 1.82) is 0 Å². The molecule has 0 saturated carbocycles. The van der Waals surface area contributed by atoms with E-state index in [9.17, 15) is 0 Å². The Morgan fingerprint density at radius 1 is 1.12 bits per heavy atom. The molecule has 0 aromatic carbocycles. The summed E-state index contributed by atoms with van der Waals surface area (Å²) in [7, 11) is 2.21. The molecule has 16 heavy (non-hydrogen) atoms. The van der Waals surface area contributed by atoms with E-state index in [2.05, 4.69) is 28.7 Å². The van der Waals surface area contributed by atoms with Gasteiger partial charge in [0.15, 0.2) is 0 Å². The van der Waals surface area contributed by atoms with Crippen LogP contribution < -0.4 is 5.73 Å². The molecule has 4 heteroatoms. The fourth-order valence-corrected chi connectivity index (χ4v) is 2.10. The number of nitrogens with two attached hydrogens (primary N) is 1. The molecule has 1 fully saturated rings. The van der Waals surface area contributed by atoms with Gasteiger partial charge in [-0.1, -0.05) is 6.92 Å². The Balaban J connectivity index is 2.11. The van der Waals surface area contributed by atoms with Gasteiger partial charge in [-0.25, -0.2) is 0 Å². The lowest BCUT2D eigenvalue weighted by Crippen LogP contribution is -2.47. The molecule has 96 valence electrons. The third kappa shape index (κ3) is 5.25. The van der Waals surface area contributed by atoms with Crippen LogP contribution in [0.3, 0.4) is 0 Å². The Bertz CT molecular complexity index is 162. The first-order valence-corrected chi connectivity index (χ1v) is 6.59. The van der Waals surface area contributed by atoms with Crippen LogP contribution in [0.5, 0.6) is 0 Å². The van der Waals surface area contributed by atoms with E-state index in [-0.39, 0.29) is 0 Å². The number of likely N-dealkylation sites (N-methyl/N-ethyl adjacent to an activating group) is 2. The van der Waals surface area contributed by atoms with Gasteiger partial charge in [-0.15, -0.1) is 0 Å². The van der Waals surface area contributed by atoms with Crippen LogP contribution in [0.2, 0.25) is 0 Å². The highest BCUT2D eigenvalue weighted by Crippen LogP contribution is 1.99. The minimum absolute atomic E-state index is 0.811. The molecule has 4 nitrogen and oxygen atoms in total. The molecule has 0 radical (unpaired) electrons. The number of rotatable bonds is 7. The van der Waals surface area contributed by atoms with Crippen molar-refractivity contribution in [2.24, 2.45) is 5.73 Å². The summed E-state index contributed by atoms with van der Waals surface area (Å²) in [6.45, 7) is 12.6. The molecule has 0 aliphatic carbocycles. The highest BCUT2D eigenvalue weighted by molar-refractivity contribution is 4.70. The van der Waals surface area contributed by atoms with Crippen molar-refractivity contribution in [3.05, 3.63) is 0 Å². The normalized spacial score (nSPS) is 19.5. The maximum atomic E-state index is 5.54. The minimum atomic E-state index is 0.811. The van der Waals surface area contributed by atoms with Crippen LogP contribution in [0.15, 0.2) is 0 Å². The molecule has 0 unspecified atom stereocenters. The lowest BCUT2D eigenvalue weighted by molar-refractivity contribution is 0.136. The maximum absolute atomic E-state index is 5.54. The van der Waals surface area contributed by atoms with E-state index < -0.39 is 0 Å². The first kappa shape index (κ1) is 13.9. The summed E-state index contributed by atoms with van der Waals surface area (Å²) in [6, 6.07) is 0. The summed E-state index contributed by atoms with van der Waals surface area (Å²) in [5, 5.41) is 0. The van der Waals surface area contributed by atoms with Crippen LogP contribution in [-0.2, 0) is 0 Å². The molecular weight excluding hydrogens is 200 g/mol. The molecule has 2 N–H and O–H groups in total. The third-order valence-electron chi connectivity index (χ3n) is 3.45. The zero-order valence-electron chi connectivity index (χ0n) is 11.0. The van der Waals surface area contributed by atoms with Crippen molar-refractivity contribution >= 4 is 0 Å². The summed E-state index contributed by atoms with van der Waals surface area (Å²) in [6.07, 6.45) is 1.12. The average Bonchev–Trinajstić information content (AvgIpc) is 2.32. The summed E-state index contributed by atoms with van der Waals surface area (Å²) < 4.78 is 0. The lowest BCUT2D eigenvalue weighted by Gasteiger charge is -2.33. The van der Waals surface area contributed by atoms with Crippen molar-refractivity contribution in [3.8, 4) is 0 Å². The van der Waals surface area contributed by atoms with E-state index >= 15 is 0 Å². The Kier molecular flexibility index (Phi) is 6.96. The van der Waals surface area contributed by atoms with Crippen molar-refractivity contribution in [2.45, 2.75) is 13.3 Å². The van der Waals surface area contributed by atoms with Crippen LogP contribution in [0, 0.1) is 0 Å². The predicted octanol–water partition coefficient (Wildman–Crippen LogP) is -0.0955. The van der Waals surface area contributed by atoms with Gasteiger partial charge in [0.2, 0.25) is 0 Å². The molecule has 1 saturated heterocycles. The predicted molar refractivity (Wildman–Crippen MR) is 69.7 cm³/mol. The van der Waals surface area contributed by atoms with Gasteiger partial charge in [-0.2, -0.15) is 0 Å². The van der Waals surface area contributed by atoms with Crippen LogP contribution in [-0.4, -0.2) is 80.7 Å². The molecule has 1 rings (SSSR count). The van der Waals surface area contributed by atoms with Gasteiger partial charge in [0.25, 0.3) is 0 Å². The second-order valence-corrected chi connectivity index (χ2v) is 4.72. The van der Waals surface area contributed by atoms with E-state index in [1.165, 1.54) is 39.3 Å². The van der Waals surface area contributed by atoms with Gasteiger partial charge in [0, 0.05) is 39.3 Å². The standard InChI is InChI=1S/C12H28N4/c1-3-15(6-4-5-13)11-12-16-9-7-14(2)8-10-16/h3-13H2,1-2H3. The van der Waals surface area contributed by atoms with E-state index in [1.807, 2.05) is 0 Å². The topological polar surface area (TPSA) is 35.7 Å². The van der Waals surface area contributed by atoms with Gasteiger partial charge >= 0.3 is 0 Å². The van der Waals surface area contributed by atoms with E-state index in [0.717, 1.165) is 26.1 Å². The third-order valence-corrected chi connectivity index (χ3v) is 3.45. The summed E-state index contributed by atoms with van der Waals surface area (Å²) in [4.78, 5) is 7.48. The molecule has 1 aliphatic heterocycles. The SMILES string of the molecule is CCN(CCCN)CCN1CCN(C)CC1. The quantitative estimate of drug-likeness (QED) is 0.660. The molecule has 1 heterocycles. The first-order chi connectivity index (χ1) is 7.76. The van der Waals surface area contributed by atoms with Crippen molar-refractivity contribution in [3.63, 3.8) is 0 Å². The largest absolute Gasteiger partial charge is 0.330 e. The molecule has 0 aromatic rings. The van der Waals surface area contributed by atoms with E-state index in [4.69, 9.17) is 5.73 Å². The van der Waals surface area contributed by atoms with Crippen LogP contribution in [0.4, 0.5) is 0 Å². The molecule has 0 aromatic heterocycles. The van der Waals surface area contributed by atoms with Gasteiger partial charge < -0.3 is 15.5 Å². The Hall–Kier alpha value is -0.160. The zero-order valence-corrected chi connectivity index (χ0v) is 11.0. The number of nitrogens with zero attached hydrogens (tertiary/aromatic N) is 3. The molecule has 0 amide bonds. The maximum Gasteiger partial charge on any atom is 0.0110 e. The number of hydrogen-bond donors (Lipinski definition) is 1. The number of piperazine rings is 1. The summed E-state index contributed by atoms with van der Waals surface area (Å²) in [5.74, 6) is 0. The molecule has 1 aliphatic rings. The Morgan fingerprint density at radius 3 is 2.38 bits per heavy atom. The van der Waals surface area contributed by atoms with Crippen LogP contribution in [0.1, 0.15) is 13.3 Å². The smallest absolute Gasteiger partial charge is 0.0110 e. The van der Waals surface area contributed by atoms with Crippen molar-refractivity contribution in [2.75, 3.05) is 66.0 Å². The minimum Gasteiger partial charge on any atom is -0.330 e. The highest BCUT2D eigenvalue weighted by Gasteiger charge is 2.13. The molecule has 0 bridgehead atoms. The van der Waals surface area contributed by atoms with E-state index in [0.29, 0.717) is 0 Å². The van der Waals surface area contributed by atoms with Crippen LogP contribution >= 0.6 is 0 Å². The Morgan fingerprint density at radius 2 is 1.81 bits per heavy atom. The van der Waals surface area contributed by atoms with Crippen molar-refractivity contribution in [1.82, 2.24) is 14.7 Å². The van der Waals surface area contributed by atoms with Gasteiger partial charge in [0.1, 0.15) is 0 Å². The monoisotopic (exact) mass is 228 g/mol. The molecule has 0 atom stereocenters. The molecular formula is C12H28N4. The zero-order chi connectivity index (χ0) is 11.8. The fraction of sp³-hybridized carbons (Fsp3) is 1.00. The highest BCUT2D eigenvalue weighted by atomic mass is 15.3. The first-order valence-electron chi connectivity index (χ1n) is 6.59. The van der Waals surface area contributed by atoms with Gasteiger partial charge in [-0.05, 0) is 33.1 Å². The lowest BCUT2D eigenvalue weighted by atomic mass is 10.3. The van der Waals surface area contributed by atoms with Gasteiger partial charge in [0.05, 0.1) is 0 Å². The van der Waals surface area contributed by atoms with Crippen molar-refractivity contribution < 1.29 is 0 Å². The Labute approximate surface area is 100 Å². The number of hydrogen-bond acceptors (Lipinski definition) is 4. The fourth-order valence-electron chi connectivity index (χ4n) is 2.10. The average molecular weight is 228 g/mol. The van der Waals surface area contributed by atoms with E-state index in [1.54, 1.807) is 0 Å². The summed E-state index contributed by atoms with van der Waals surface area (Å²) >= 11 is 0. The second-order valence-electron chi connectivity index (χ2n) is 4.72. The van der Waals surface area contributed by atoms with Gasteiger partial charge in [-0.3, -0.25) is 4.90 Å². The molecule has 0 spiro atoms. The summed E-state index contributed by atoms with van der Waals surface area (Å²) in [5.41, 5.74) is 5.54. The van der Waals surface area contributed by atoms with Crippen LogP contribution in [0.25, 0.3) is 0 Å². The second kappa shape index (κ2) is 8.01.